The summed E-state index contributed by atoms with van der Waals surface area (Å²) >= 11 is 2.86. The van der Waals surface area contributed by atoms with Gasteiger partial charge in [0.2, 0.25) is 5.91 Å². The Labute approximate surface area is 170 Å². The van der Waals surface area contributed by atoms with Crippen LogP contribution in [0, 0.1) is 5.82 Å². The van der Waals surface area contributed by atoms with Gasteiger partial charge in [0, 0.05) is 16.7 Å². The number of nitrogens with zero attached hydrogens (tertiary/aromatic N) is 1. The lowest BCUT2D eigenvalue weighted by molar-refractivity contribution is -0.115. The van der Waals surface area contributed by atoms with Gasteiger partial charge in [0.1, 0.15) is 5.82 Å². The zero-order chi connectivity index (χ0) is 19.9. The SMILES string of the molecule is CSc1ccccc1NC(=O)Cc1cc(=O)[nH]c(SCc2ccc(F)cc2)n1. The maximum Gasteiger partial charge on any atom is 0.251 e. The summed E-state index contributed by atoms with van der Waals surface area (Å²) in [6, 6.07) is 15.0. The topological polar surface area (TPSA) is 74.8 Å². The summed E-state index contributed by atoms with van der Waals surface area (Å²) in [6.07, 6.45) is 1.94. The normalized spacial score (nSPS) is 10.6. The van der Waals surface area contributed by atoms with Gasteiger partial charge in [-0.05, 0) is 36.1 Å². The molecule has 0 atom stereocenters. The minimum absolute atomic E-state index is 0.00323. The molecule has 2 aromatic carbocycles. The Hall–Kier alpha value is -2.58. The highest BCUT2D eigenvalue weighted by atomic mass is 32.2. The van der Waals surface area contributed by atoms with E-state index in [1.807, 2.05) is 30.5 Å². The van der Waals surface area contributed by atoms with Gasteiger partial charge in [-0.15, -0.1) is 11.8 Å². The zero-order valence-corrected chi connectivity index (χ0v) is 16.7. The van der Waals surface area contributed by atoms with E-state index in [0.717, 1.165) is 16.1 Å². The van der Waals surface area contributed by atoms with E-state index >= 15 is 0 Å². The van der Waals surface area contributed by atoms with Crippen LogP contribution < -0.4 is 10.9 Å². The minimum Gasteiger partial charge on any atom is -0.325 e. The van der Waals surface area contributed by atoms with Gasteiger partial charge in [0.15, 0.2) is 5.16 Å². The van der Waals surface area contributed by atoms with Crippen LogP contribution in [0.15, 0.2) is 69.4 Å². The lowest BCUT2D eigenvalue weighted by atomic mass is 10.2. The van der Waals surface area contributed by atoms with Gasteiger partial charge in [-0.3, -0.25) is 9.59 Å². The summed E-state index contributed by atoms with van der Waals surface area (Å²) in [7, 11) is 0. The van der Waals surface area contributed by atoms with Crippen LogP contribution in [0.3, 0.4) is 0 Å². The Balaban J connectivity index is 1.66. The molecular weight excluding hydrogens is 397 g/mol. The van der Waals surface area contributed by atoms with Gasteiger partial charge >= 0.3 is 0 Å². The number of aromatic amines is 1. The fourth-order valence-corrected chi connectivity index (χ4v) is 3.89. The van der Waals surface area contributed by atoms with Crippen molar-refractivity contribution in [3.05, 3.63) is 82.0 Å². The second-order valence-corrected chi connectivity index (χ2v) is 7.69. The first-order chi connectivity index (χ1) is 13.5. The lowest BCUT2D eigenvalue weighted by Crippen LogP contribution is -2.18. The Morgan fingerprint density at radius 2 is 1.93 bits per heavy atom. The number of para-hydroxylation sites is 1. The summed E-state index contributed by atoms with van der Waals surface area (Å²) in [5, 5.41) is 3.28. The molecule has 3 rings (SSSR count). The van der Waals surface area contributed by atoms with Crippen molar-refractivity contribution in [2.24, 2.45) is 0 Å². The molecule has 0 radical (unpaired) electrons. The molecule has 0 aliphatic heterocycles. The second kappa shape index (κ2) is 9.57. The highest BCUT2D eigenvalue weighted by Gasteiger charge is 2.10. The van der Waals surface area contributed by atoms with Crippen molar-refractivity contribution >= 4 is 35.1 Å². The van der Waals surface area contributed by atoms with Gasteiger partial charge in [-0.1, -0.05) is 36.0 Å². The van der Waals surface area contributed by atoms with Crippen LogP contribution >= 0.6 is 23.5 Å². The Kier molecular flexibility index (Phi) is 6.89. The molecule has 8 heteroatoms. The predicted molar refractivity (Wildman–Crippen MR) is 111 cm³/mol. The largest absolute Gasteiger partial charge is 0.325 e. The van der Waals surface area contributed by atoms with Crippen LogP contribution in [0.4, 0.5) is 10.1 Å². The van der Waals surface area contributed by atoms with E-state index in [0.29, 0.717) is 16.6 Å². The number of halogens is 1. The molecule has 1 heterocycles. The number of H-pyrrole nitrogens is 1. The molecule has 0 unspecified atom stereocenters. The van der Waals surface area contributed by atoms with Crippen molar-refractivity contribution in [2.75, 3.05) is 11.6 Å². The first kappa shape index (κ1) is 20.2. The second-order valence-electron chi connectivity index (χ2n) is 5.88. The summed E-state index contributed by atoms with van der Waals surface area (Å²) in [6.45, 7) is 0. The molecule has 144 valence electrons. The standard InChI is InChI=1S/C20H18FN3O2S2/c1-27-17-5-3-2-4-16(17)23-18(25)10-15-11-19(26)24-20(22-15)28-12-13-6-8-14(21)9-7-13/h2-9,11H,10,12H2,1H3,(H,23,25)(H,22,24,26). The molecule has 0 spiro atoms. The van der Waals surface area contributed by atoms with Crippen LogP contribution in [0.25, 0.3) is 0 Å². The molecule has 1 aromatic heterocycles. The van der Waals surface area contributed by atoms with Crippen molar-refractivity contribution < 1.29 is 9.18 Å². The van der Waals surface area contributed by atoms with Crippen LogP contribution in [0.1, 0.15) is 11.3 Å². The predicted octanol–water partition coefficient (Wildman–Crippen LogP) is 4.10. The fourth-order valence-electron chi connectivity index (χ4n) is 2.48. The molecule has 0 saturated heterocycles. The van der Waals surface area contributed by atoms with Gasteiger partial charge < -0.3 is 10.3 Å². The van der Waals surface area contributed by atoms with Crippen LogP contribution in [0.2, 0.25) is 0 Å². The number of benzene rings is 2. The fraction of sp³-hybridized carbons (Fsp3) is 0.150. The number of nitrogens with one attached hydrogen (secondary N) is 2. The van der Waals surface area contributed by atoms with E-state index < -0.39 is 0 Å². The summed E-state index contributed by atoms with van der Waals surface area (Å²) in [5.74, 6) is -0.00890. The van der Waals surface area contributed by atoms with Gasteiger partial charge in [0.25, 0.3) is 5.56 Å². The third-order valence-electron chi connectivity index (χ3n) is 3.78. The van der Waals surface area contributed by atoms with E-state index in [9.17, 15) is 14.0 Å². The highest BCUT2D eigenvalue weighted by molar-refractivity contribution is 7.98. The third-order valence-corrected chi connectivity index (χ3v) is 5.52. The smallest absolute Gasteiger partial charge is 0.251 e. The van der Waals surface area contributed by atoms with Crippen LogP contribution in [0.5, 0.6) is 0 Å². The molecule has 0 fully saturated rings. The first-order valence-corrected chi connectivity index (χ1v) is 10.6. The van der Waals surface area contributed by atoms with Crippen molar-refractivity contribution in [1.82, 2.24) is 9.97 Å². The summed E-state index contributed by atoms with van der Waals surface area (Å²) in [5.41, 5.74) is 1.72. The van der Waals surface area contributed by atoms with Crippen molar-refractivity contribution in [2.45, 2.75) is 22.2 Å². The van der Waals surface area contributed by atoms with Gasteiger partial charge in [0.05, 0.1) is 17.8 Å². The van der Waals surface area contributed by atoms with Crippen molar-refractivity contribution in [1.29, 1.82) is 0 Å². The zero-order valence-electron chi connectivity index (χ0n) is 15.1. The molecule has 1 amide bonds. The van der Waals surface area contributed by atoms with E-state index in [1.54, 1.807) is 23.9 Å². The van der Waals surface area contributed by atoms with Gasteiger partial charge in [-0.2, -0.15) is 0 Å². The molecule has 0 aliphatic carbocycles. The molecule has 0 aliphatic rings. The molecule has 0 bridgehead atoms. The van der Waals surface area contributed by atoms with Crippen LogP contribution in [-0.4, -0.2) is 22.1 Å². The maximum atomic E-state index is 13.0. The van der Waals surface area contributed by atoms with Gasteiger partial charge in [-0.25, -0.2) is 9.37 Å². The molecule has 0 saturated carbocycles. The summed E-state index contributed by atoms with van der Waals surface area (Å²) < 4.78 is 13.0. The van der Waals surface area contributed by atoms with Crippen molar-refractivity contribution in [3.63, 3.8) is 0 Å². The number of thioether (sulfide) groups is 2. The number of amides is 1. The average Bonchev–Trinajstić information content (AvgIpc) is 2.67. The Morgan fingerprint density at radius 3 is 2.68 bits per heavy atom. The van der Waals surface area contributed by atoms with E-state index in [-0.39, 0.29) is 23.7 Å². The number of anilines is 1. The number of carbonyl (C=O) groups excluding carboxylic acids is 1. The third kappa shape index (κ3) is 5.71. The Morgan fingerprint density at radius 1 is 1.18 bits per heavy atom. The van der Waals surface area contributed by atoms with E-state index in [1.165, 1.54) is 30.0 Å². The monoisotopic (exact) mass is 415 g/mol. The molecular formula is C20H18FN3O2S2. The quantitative estimate of drug-likeness (QED) is 0.449. The molecule has 2 N–H and O–H groups in total. The molecule has 28 heavy (non-hydrogen) atoms. The molecule has 3 aromatic rings. The van der Waals surface area contributed by atoms with E-state index in [4.69, 9.17) is 0 Å². The Bertz CT molecular complexity index is 1020. The number of hydrogen-bond acceptors (Lipinski definition) is 5. The number of hydrogen-bond donors (Lipinski definition) is 2. The van der Waals surface area contributed by atoms with Crippen molar-refractivity contribution in [3.8, 4) is 0 Å². The number of aromatic nitrogens is 2. The average molecular weight is 416 g/mol. The first-order valence-electron chi connectivity index (χ1n) is 8.44. The minimum atomic E-state index is -0.316. The number of carbonyl (C=O) groups is 1. The molecule has 5 nitrogen and oxygen atoms in total. The lowest BCUT2D eigenvalue weighted by Gasteiger charge is -2.09. The maximum absolute atomic E-state index is 13.0. The van der Waals surface area contributed by atoms with Crippen LogP contribution in [-0.2, 0) is 17.0 Å². The number of rotatable bonds is 7. The highest BCUT2D eigenvalue weighted by Crippen LogP contribution is 2.24. The van der Waals surface area contributed by atoms with E-state index in [2.05, 4.69) is 15.3 Å². The summed E-state index contributed by atoms with van der Waals surface area (Å²) in [4.78, 5) is 32.3.